The first-order valence-electron chi connectivity index (χ1n) is 1.83. The molecule has 0 heterocycles. The van der Waals surface area contributed by atoms with E-state index in [-0.39, 0.29) is 53.1 Å². The van der Waals surface area contributed by atoms with Crippen LogP contribution in [0.5, 0.6) is 0 Å². The maximum atomic E-state index is 8.25. The first-order valence-corrected chi connectivity index (χ1v) is 1.83. The predicted molar refractivity (Wildman–Crippen MR) is 49.1 cm³/mol. The van der Waals surface area contributed by atoms with E-state index in [4.69, 9.17) is 50.9 Å². The molecule has 6 N–H and O–H groups in total. The molecule has 118 valence electrons. The van der Waals surface area contributed by atoms with Gasteiger partial charge in [-0.1, -0.05) is 0 Å². The van der Waals surface area contributed by atoms with Gasteiger partial charge in [-0.3, -0.25) is 0 Å². The van der Waals surface area contributed by atoms with Crippen molar-refractivity contribution >= 4 is 0 Å². The molecule has 0 aromatic rings. The fourth-order valence-corrected chi connectivity index (χ4v) is 0. The zero-order valence-corrected chi connectivity index (χ0v) is 11.0. The maximum Gasteiger partial charge on any atom is 2.00 e. The summed E-state index contributed by atoms with van der Waals surface area (Å²) in [5.41, 5.74) is 0. The van der Waals surface area contributed by atoms with Gasteiger partial charge in [0.15, 0.2) is 0 Å². The van der Waals surface area contributed by atoms with Gasteiger partial charge < -0.3 is 63.2 Å². The summed E-state index contributed by atoms with van der Waals surface area (Å²) in [6.45, 7) is 0. The van der Waals surface area contributed by atoms with E-state index in [1.165, 1.54) is 0 Å². The Balaban J connectivity index is -0.0000000116. The summed E-state index contributed by atoms with van der Waals surface area (Å²) < 4.78 is 0. The molecule has 0 atom stereocenters. The molecule has 0 aromatic carbocycles. The third-order valence-electron chi connectivity index (χ3n) is 0. The van der Waals surface area contributed by atoms with E-state index >= 15 is 0 Å². The van der Waals surface area contributed by atoms with Crippen LogP contribution in [0.1, 0.15) is 0 Å². The van der Waals surface area contributed by atoms with Crippen LogP contribution in [0.3, 0.4) is 0 Å². The summed E-state index contributed by atoms with van der Waals surface area (Å²) >= 11 is 0. The van der Waals surface area contributed by atoms with Crippen molar-refractivity contribution in [3.63, 3.8) is 0 Å². The molecule has 16 nitrogen and oxygen atoms in total. The molecule has 0 saturated carbocycles. The number of rotatable bonds is 0. The fraction of sp³-hybridized carbons (Fsp3) is 0. The number of hydrogen-bond acceptors (Lipinski definition) is 14. The van der Waals surface area contributed by atoms with Gasteiger partial charge in [0.05, 0.1) is 10.2 Å². The molecule has 0 radical (unpaired) electrons. The van der Waals surface area contributed by atoms with E-state index in [1.807, 2.05) is 0 Å². The Kier molecular flexibility index (Phi) is 237. The van der Waals surface area contributed by atoms with Crippen molar-refractivity contribution in [1.82, 2.24) is 12.3 Å². The molecule has 0 fully saturated rings. The van der Waals surface area contributed by atoms with Crippen LogP contribution in [0, 0.1) is 50.9 Å². The summed E-state index contributed by atoms with van der Waals surface area (Å²) in [5, 5.41) is 47.5. The summed E-state index contributed by atoms with van der Waals surface area (Å²) in [6, 6.07) is 0. The Bertz CT molecular complexity index is 136. The third-order valence-corrected chi connectivity index (χ3v) is 0. The zero-order chi connectivity index (χ0) is 12.6. The van der Waals surface area contributed by atoms with Crippen LogP contribution in [0.4, 0.5) is 0 Å². The molecule has 0 aliphatic rings. The standard InChI is InChI=1S/2NO3.2HNO2.2H3N.2Pd/c2*2-1(3)4;2*2-1-3;;;;/h;;2*(H,2,3);2*1H3;;/q2*-1;;;;;;+2/p-2. The first kappa shape index (κ1) is 55.0. The summed E-state index contributed by atoms with van der Waals surface area (Å²) in [5.74, 6) is 0. The van der Waals surface area contributed by atoms with Gasteiger partial charge in [-0.25, -0.2) is 0 Å². The fourth-order valence-electron chi connectivity index (χ4n) is 0. The van der Waals surface area contributed by atoms with Crippen LogP contribution in [0.2, 0.25) is 0 Å². The largest absolute Gasteiger partial charge is 2.00 e. The Morgan fingerprint density at radius 3 is 0.722 bits per heavy atom. The predicted octanol–water partition coefficient (Wildman–Crippen LogP) is 0.342. The van der Waals surface area contributed by atoms with Gasteiger partial charge in [-0.15, -0.1) is 10.7 Å². The topological polar surface area (TPSA) is 307 Å². The van der Waals surface area contributed by atoms with Crippen LogP contribution < -0.4 is 12.3 Å². The first-order chi connectivity index (χ1) is 6.29. The molecule has 0 spiro atoms. The normalized spacial score (nSPS) is 4.00. The zero-order valence-electron chi connectivity index (χ0n) is 7.92. The van der Waals surface area contributed by atoms with E-state index < -0.39 is 10.2 Å². The molecular formula is H6N6O10Pd2-2. The monoisotopic (exact) mass is 462 g/mol. The van der Waals surface area contributed by atoms with Gasteiger partial charge in [0.1, 0.15) is 0 Å². The summed E-state index contributed by atoms with van der Waals surface area (Å²) in [6.07, 6.45) is 0. The molecule has 0 aliphatic heterocycles. The molecule has 0 bridgehead atoms. The third kappa shape index (κ3) is 1080. The van der Waals surface area contributed by atoms with Crippen molar-refractivity contribution in [3.8, 4) is 0 Å². The second-order valence-electron chi connectivity index (χ2n) is 0.596. The van der Waals surface area contributed by atoms with Gasteiger partial charge in [-0.2, -0.15) is 0 Å². The van der Waals surface area contributed by atoms with Crippen molar-refractivity contribution in [2.45, 2.75) is 0 Å². The molecule has 0 rings (SSSR count). The summed E-state index contributed by atoms with van der Waals surface area (Å²) in [7, 11) is 0. The van der Waals surface area contributed by atoms with E-state index in [2.05, 4.69) is 0 Å². The average Bonchev–Trinajstić information content (AvgIpc) is 1.85. The van der Waals surface area contributed by atoms with Crippen molar-refractivity contribution in [2.24, 2.45) is 10.7 Å². The second kappa shape index (κ2) is 77.6. The molecule has 18 heteroatoms. The van der Waals surface area contributed by atoms with Gasteiger partial charge in [0, 0.05) is 20.4 Å². The van der Waals surface area contributed by atoms with Gasteiger partial charge in [-0.05, 0) is 0 Å². The Labute approximate surface area is 125 Å². The van der Waals surface area contributed by atoms with E-state index in [0.29, 0.717) is 0 Å². The van der Waals surface area contributed by atoms with E-state index in [9.17, 15) is 0 Å². The van der Waals surface area contributed by atoms with Gasteiger partial charge in [0.2, 0.25) is 0 Å². The van der Waals surface area contributed by atoms with E-state index in [1.54, 1.807) is 0 Å². The van der Waals surface area contributed by atoms with Crippen molar-refractivity contribution in [3.05, 3.63) is 50.9 Å². The van der Waals surface area contributed by atoms with Crippen LogP contribution in [-0.2, 0) is 40.8 Å². The van der Waals surface area contributed by atoms with Crippen LogP contribution in [0.15, 0.2) is 10.7 Å². The van der Waals surface area contributed by atoms with Crippen molar-refractivity contribution < 1.29 is 51.0 Å². The minimum atomic E-state index is -1.75. The molecule has 18 heavy (non-hydrogen) atoms. The average molecular weight is 463 g/mol. The van der Waals surface area contributed by atoms with E-state index in [0.717, 1.165) is 10.7 Å². The van der Waals surface area contributed by atoms with Gasteiger partial charge in [0.25, 0.3) is 0 Å². The molecule has 0 unspecified atom stereocenters. The Morgan fingerprint density at radius 1 is 0.722 bits per heavy atom. The summed E-state index contributed by atoms with van der Waals surface area (Å²) in [4.78, 5) is 32.5. The minimum absolute atomic E-state index is 0. The second-order valence-corrected chi connectivity index (χ2v) is 0.596. The number of hydrogen-bond donors (Lipinski definition) is 2. The number of nitrogens with zero attached hydrogens (tertiary/aromatic N) is 4. The van der Waals surface area contributed by atoms with Crippen LogP contribution >= 0.6 is 0 Å². The SMILES string of the molecule is N.N.O=N[O-].O=N[O-].O=[N+]([O-])[O-].O=[N+]([O-])[O-].[Pd+2].[Pd]. The Morgan fingerprint density at radius 2 is 0.722 bits per heavy atom. The maximum absolute atomic E-state index is 8.25. The molecule has 0 aromatic heterocycles. The quantitative estimate of drug-likeness (QED) is 0.213. The minimum Gasteiger partial charge on any atom is -0.444 e. The van der Waals surface area contributed by atoms with Crippen molar-refractivity contribution in [2.75, 3.05) is 0 Å². The van der Waals surface area contributed by atoms with Crippen molar-refractivity contribution in [1.29, 1.82) is 0 Å². The Hall–Kier alpha value is -1.56. The molecule has 0 aliphatic carbocycles. The molecule has 0 amide bonds. The van der Waals surface area contributed by atoms with Crippen LogP contribution in [0.25, 0.3) is 0 Å². The van der Waals surface area contributed by atoms with Crippen LogP contribution in [-0.4, -0.2) is 10.2 Å². The molecule has 0 saturated heterocycles. The molecular weight excluding hydrogens is 457 g/mol. The van der Waals surface area contributed by atoms with Gasteiger partial charge >= 0.3 is 20.4 Å². The smallest absolute Gasteiger partial charge is 0.444 e.